The largest absolute Gasteiger partial charge is 0.449 e. The quantitative estimate of drug-likeness (QED) is 0.159. The summed E-state index contributed by atoms with van der Waals surface area (Å²) < 4.78 is 16.7. The molecule has 2 unspecified atom stereocenters. The molecule has 0 saturated heterocycles. The highest BCUT2D eigenvalue weighted by Gasteiger charge is 2.36. The van der Waals surface area contributed by atoms with E-state index in [1.54, 1.807) is 52.8 Å². The molecule has 17 nitrogen and oxygen atoms in total. The summed E-state index contributed by atoms with van der Waals surface area (Å²) >= 11 is 0. The summed E-state index contributed by atoms with van der Waals surface area (Å²) in [5.74, 6) is -4.12. The Bertz CT molecular complexity index is 1700. The van der Waals surface area contributed by atoms with Gasteiger partial charge in [-0.25, -0.2) is 9.59 Å². The number of nitrogens with one attached hydrogen (secondary N) is 4. The summed E-state index contributed by atoms with van der Waals surface area (Å²) in [4.78, 5) is 97.1. The second-order valence-electron chi connectivity index (χ2n) is 17.9. The molecule has 0 saturated carbocycles. The van der Waals surface area contributed by atoms with Crippen molar-refractivity contribution >= 4 is 41.6 Å². The van der Waals surface area contributed by atoms with Gasteiger partial charge in [0.2, 0.25) is 23.6 Å². The van der Waals surface area contributed by atoms with Crippen molar-refractivity contribution in [1.82, 2.24) is 31.1 Å². The summed E-state index contributed by atoms with van der Waals surface area (Å²) in [6, 6.07) is 4.86. The van der Waals surface area contributed by atoms with Crippen LogP contribution in [-0.4, -0.2) is 132 Å². The van der Waals surface area contributed by atoms with Crippen LogP contribution in [0.2, 0.25) is 0 Å². The summed E-state index contributed by atoms with van der Waals surface area (Å²) in [5.41, 5.74) is 0.337. The van der Waals surface area contributed by atoms with Crippen LogP contribution in [0, 0.1) is 11.8 Å². The first-order valence-corrected chi connectivity index (χ1v) is 22.1. The Morgan fingerprint density at radius 1 is 0.968 bits per heavy atom. The number of benzene rings is 1. The molecule has 1 aliphatic rings. The van der Waals surface area contributed by atoms with Gasteiger partial charge in [-0.1, -0.05) is 70.5 Å². The third-order valence-corrected chi connectivity index (χ3v) is 10.6. The van der Waals surface area contributed by atoms with Crippen LogP contribution in [0.5, 0.6) is 0 Å². The normalized spacial score (nSPS) is 25.1. The first-order valence-electron chi connectivity index (χ1n) is 22.1. The van der Waals surface area contributed by atoms with Crippen LogP contribution < -0.4 is 21.3 Å². The molecule has 1 aromatic rings. The monoisotopic (exact) mass is 887 g/mol. The molecule has 0 radical (unpaired) electrons. The number of amides is 6. The Morgan fingerprint density at radius 3 is 2.25 bits per heavy atom. The number of esters is 1. The summed E-state index contributed by atoms with van der Waals surface area (Å²) in [6.45, 7) is 15.6. The van der Waals surface area contributed by atoms with E-state index in [-0.39, 0.29) is 49.8 Å². The SMILES string of the molecule is CCC(C)[C@@H]1NC(=O)CN(C)C(=O)[C@@H](Cc2ccccc2)N(C)C(=O)[C@H](C)NC(=O)[C@@H](CC(C)C)OC(=O)/C(C)=C/CCCOC(O)[C@H](CCCCNC(=O)OC(C)(C)C)NC1=O. The van der Waals surface area contributed by atoms with Crippen molar-refractivity contribution in [2.45, 2.75) is 156 Å². The van der Waals surface area contributed by atoms with E-state index in [9.17, 15) is 38.7 Å². The highest BCUT2D eigenvalue weighted by Crippen LogP contribution is 2.17. The number of cyclic esters (lactones) is 1. The number of carbonyl (C=O) groups excluding carboxylic acids is 7. The molecule has 0 aliphatic carbocycles. The Hall–Kier alpha value is -5.03. The van der Waals surface area contributed by atoms with Gasteiger partial charge in [-0.2, -0.15) is 0 Å². The average Bonchev–Trinajstić information content (AvgIpc) is 3.21. The minimum atomic E-state index is -1.45. The van der Waals surface area contributed by atoms with Crippen LogP contribution in [-0.2, 0) is 49.4 Å². The fourth-order valence-electron chi connectivity index (χ4n) is 6.74. The lowest BCUT2D eigenvalue weighted by atomic mass is 9.97. The number of carbonyl (C=O) groups is 7. The molecule has 6 amide bonds. The van der Waals surface area contributed by atoms with Gasteiger partial charge in [0.15, 0.2) is 12.4 Å². The Labute approximate surface area is 373 Å². The standard InChI is InChI=1S/C46H74N6O11/c1-12-30(4)38-40(55)49-34(23-16-18-24-47-45(60)63-46(7,8)9)44(59)61-25-19-17-20-31(5)43(58)62-36(26-29(2)3)39(54)48-32(6)41(56)52(11)35(27-33-21-14-13-15-22-33)42(57)51(10)28-37(53)50-38/h13-15,20-22,29-30,32,34-36,38,44,59H,12,16-19,23-28H2,1-11H3,(H,47,60)(H,48,54)(H,49,55)(H,50,53)/b31-20+/t30?,32-,34-,35+,36+,38-,44?/m0/s1. The van der Waals surface area contributed by atoms with Gasteiger partial charge in [0, 0.05) is 32.6 Å². The molecule has 5 N–H and O–H groups in total. The number of ether oxygens (including phenoxy) is 3. The maximum Gasteiger partial charge on any atom is 0.407 e. The summed E-state index contributed by atoms with van der Waals surface area (Å²) in [5, 5.41) is 22.3. The molecule has 0 bridgehead atoms. The zero-order valence-electron chi connectivity index (χ0n) is 39.3. The fraction of sp³-hybridized carbons (Fsp3) is 0.674. The fourth-order valence-corrected chi connectivity index (χ4v) is 6.74. The van der Waals surface area contributed by atoms with E-state index in [2.05, 4.69) is 21.3 Å². The number of hydrogen-bond donors (Lipinski definition) is 5. The second kappa shape index (κ2) is 26.6. The molecule has 1 heterocycles. The molecule has 63 heavy (non-hydrogen) atoms. The molecule has 1 aromatic carbocycles. The number of aliphatic hydroxyl groups excluding tert-OH is 1. The molecular formula is C46H74N6O11. The minimum Gasteiger partial charge on any atom is -0.449 e. The topological polar surface area (TPSA) is 222 Å². The Kier molecular flexibility index (Phi) is 22.8. The maximum atomic E-state index is 14.2. The van der Waals surface area contributed by atoms with Crippen LogP contribution in [0.1, 0.15) is 113 Å². The third kappa shape index (κ3) is 19.5. The van der Waals surface area contributed by atoms with Crippen LogP contribution in [0.15, 0.2) is 42.0 Å². The number of hydrogen-bond acceptors (Lipinski definition) is 11. The van der Waals surface area contributed by atoms with E-state index in [1.807, 2.05) is 39.0 Å². The van der Waals surface area contributed by atoms with Gasteiger partial charge in [0.1, 0.15) is 23.7 Å². The van der Waals surface area contributed by atoms with Gasteiger partial charge in [-0.05, 0) is 90.5 Å². The van der Waals surface area contributed by atoms with Crippen LogP contribution >= 0.6 is 0 Å². The number of rotatable bonds is 11. The molecule has 17 heteroatoms. The first-order chi connectivity index (χ1) is 29.5. The van der Waals surface area contributed by atoms with E-state index in [0.717, 1.165) is 5.56 Å². The number of allylic oxidation sites excluding steroid dienone is 1. The Balaban J connectivity index is 2.48. The highest BCUT2D eigenvalue weighted by molar-refractivity contribution is 5.95. The highest BCUT2D eigenvalue weighted by atomic mass is 16.6. The maximum absolute atomic E-state index is 14.2. The molecule has 1 aliphatic heterocycles. The van der Waals surface area contributed by atoms with Crippen LogP contribution in [0.3, 0.4) is 0 Å². The summed E-state index contributed by atoms with van der Waals surface area (Å²) in [6.07, 6.45) is 1.17. The molecule has 7 atom stereocenters. The molecule has 0 fully saturated rings. The lowest BCUT2D eigenvalue weighted by Gasteiger charge is -2.33. The van der Waals surface area contributed by atoms with Crippen molar-refractivity contribution in [1.29, 1.82) is 0 Å². The zero-order chi connectivity index (χ0) is 47.4. The lowest BCUT2D eigenvalue weighted by molar-refractivity contribution is -0.154. The summed E-state index contributed by atoms with van der Waals surface area (Å²) in [7, 11) is 2.88. The van der Waals surface area contributed by atoms with Crippen molar-refractivity contribution in [2.24, 2.45) is 11.8 Å². The van der Waals surface area contributed by atoms with Crippen LogP contribution in [0.4, 0.5) is 4.79 Å². The van der Waals surface area contributed by atoms with E-state index < -0.39 is 90.3 Å². The second-order valence-corrected chi connectivity index (χ2v) is 17.9. The van der Waals surface area contributed by atoms with E-state index in [0.29, 0.717) is 32.1 Å². The number of unbranched alkanes of at least 4 members (excludes halogenated alkanes) is 1. The number of aliphatic hydroxyl groups is 1. The van der Waals surface area contributed by atoms with Gasteiger partial charge in [0.05, 0.1) is 19.2 Å². The average molecular weight is 887 g/mol. The van der Waals surface area contributed by atoms with Crippen molar-refractivity contribution < 1.29 is 52.9 Å². The smallest absolute Gasteiger partial charge is 0.407 e. The van der Waals surface area contributed by atoms with Crippen molar-refractivity contribution in [3.63, 3.8) is 0 Å². The van der Waals surface area contributed by atoms with Crippen LogP contribution in [0.25, 0.3) is 0 Å². The number of likely N-dealkylation sites (N-methyl/N-ethyl adjacent to an activating group) is 2. The molecule has 0 spiro atoms. The molecule has 2 rings (SSSR count). The number of alkyl carbamates (subject to hydrolysis) is 1. The van der Waals surface area contributed by atoms with Crippen molar-refractivity contribution in [3.8, 4) is 0 Å². The van der Waals surface area contributed by atoms with Gasteiger partial charge in [-0.15, -0.1) is 0 Å². The van der Waals surface area contributed by atoms with Gasteiger partial charge in [-0.3, -0.25) is 24.0 Å². The van der Waals surface area contributed by atoms with Gasteiger partial charge >= 0.3 is 12.1 Å². The molecule has 354 valence electrons. The zero-order valence-corrected chi connectivity index (χ0v) is 39.3. The number of nitrogens with zero attached hydrogens (tertiary/aromatic N) is 2. The third-order valence-electron chi connectivity index (χ3n) is 10.6. The predicted molar refractivity (Wildman–Crippen MR) is 238 cm³/mol. The van der Waals surface area contributed by atoms with Gasteiger partial charge < -0.3 is 50.4 Å². The molecular weight excluding hydrogens is 813 g/mol. The van der Waals surface area contributed by atoms with Crippen molar-refractivity contribution in [3.05, 3.63) is 47.5 Å². The van der Waals surface area contributed by atoms with E-state index >= 15 is 0 Å². The van der Waals surface area contributed by atoms with E-state index in [1.165, 1.54) is 30.8 Å². The Morgan fingerprint density at radius 2 is 1.63 bits per heavy atom. The first kappa shape index (κ1) is 54.1. The predicted octanol–water partition coefficient (Wildman–Crippen LogP) is 3.76. The van der Waals surface area contributed by atoms with Gasteiger partial charge in [0.25, 0.3) is 5.91 Å². The molecule has 0 aromatic heterocycles. The van der Waals surface area contributed by atoms with Crippen molar-refractivity contribution in [2.75, 3.05) is 33.8 Å². The lowest BCUT2D eigenvalue weighted by Crippen LogP contribution is -2.58. The minimum absolute atomic E-state index is 0.0466. The van der Waals surface area contributed by atoms with E-state index in [4.69, 9.17) is 14.2 Å².